The van der Waals surface area contributed by atoms with Crippen molar-refractivity contribution in [2.45, 2.75) is 39.7 Å². The number of carbonyl (C=O) groups is 2. The fourth-order valence-corrected chi connectivity index (χ4v) is 4.54. The molecular weight excluding hydrogens is 396 g/mol. The molecule has 1 aromatic heterocycles. The molecule has 1 aliphatic rings. The summed E-state index contributed by atoms with van der Waals surface area (Å²) < 4.78 is 0. The number of nitrogens with zero attached hydrogens (tertiary/aromatic N) is 3. The Hall–Kier alpha value is -2.51. The van der Waals surface area contributed by atoms with Crippen molar-refractivity contribution < 1.29 is 9.59 Å². The Morgan fingerprint density at radius 1 is 1.37 bits per heavy atom. The van der Waals surface area contributed by atoms with Crippen LogP contribution in [-0.2, 0) is 9.59 Å². The third-order valence-corrected chi connectivity index (χ3v) is 6.16. The van der Waals surface area contributed by atoms with Crippen molar-refractivity contribution in [3.05, 3.63) is 47.5 Å². The van der Waals surface area contributed by atoms with E-state index in [4.69, 9.17) is 0 Å². The number of para-hydroxylation sites is 1. The zero-order valence-electron chi connectivity index (χ0n) is 17.9. The van der Waals surface area contributed by atoms with Crippen LogP contribution >= 0.6 is 11.3 Å². The lowest BCUT2D eigenvalue weighted by atomic mass is 9.99. The van der Waals surface area contributed by atoms with Gasteiger partial charge in [-0.3, -0.25) is 19.4 Å². The van der Waals surface area contributed by atoms with Crippen LogP contribution in [0.5, 0.6) is 0 Å². The first-order valence-electron chi connectivity index (χ1n) is 10.4. The van der Waals surface area contributed by atoms with Crippen LogP contribution in [0.2, 0.25) is 0 Å². The molecular formula is C23H30N4O2S. The highest BCUT2D eigenvalue weighted by Crippen LogP contribution is 2.29. The van der Waals surface area contributed by atoms with Gasteiger partial charge in [-0.15, -0.1) is 11.3 Å². The van der Waals surface area contributed by atoms with Gasteiger partial charge in [-0.2, -0.15) is 0 Å². The van der Waals surface area contributed by atoms with Crippen molar-refractivity contribution in [2.75, 3.05) is 24.5 Å². The van der Waals surface area contributed by atoms with Crippen LogP contribution < -0.4 is 10.2 Å². The molecule has 3 rings (SSSR count). The lowest BCUT2D eigenvalue weighted by Crippen LogP contribution is -2.46. The van der Waals surface area contributed by atoms with Crippen LogP contribution in [-0.4, -0.2) is 47.4 Å². The highest BCUT2D eigenvalue weighted by Gasteiger charge is 2.21. The monoisotopic (exact) mass is 426 g/mol. The van der Waals surface area contributed by atoms with Gasteiger partial charge in [0, 0.05) is 37.5 Å². The van der Waals surface area contributed by atoms with Crippen LogP contribution in [0.4, 0.5) is 10.8 Å². The SMILES string of the molecule is CC(=O)N(c1ccccc1)c1nc(/C=C/C(=O)NCC(C)N2CCCC(C)C2)cs1. The van der Waals surface area contributed by atoms with Gasteiger partial charge in [0.2, 0.25) is 11.8 Å². The van der Waals surface area contributed by atoms with E-state index in [1.165, 1.54) is 37.2 Å². The smallest absolute Gasteiger partial charge is 0.244 e. The number of piperidine rings is 1. The second-order valence-corrected chi connectivity index (χ2v) is 8.75. The number of amides is 2. The number of nitrogens with one attached hydrogen (secondary N) is 1. The van der Waals surface area contributed by atoms with E-state index in [-0.39, 0.29) is 11.8 Å². The Morgan fingerprint density at radius 2 is 2.13 bits per heavy atom. The summed E-state index contributed by atoms with van der Waals surface area (Å²) in [6.45, 7) is 8.80. The van der Waals surface area contributed by atoms with Crippen molar-refractivity contribution in [3.8, 4) is 0 Å². The topological polar surface area (TPSA) is 65.5 Å². The van der Waals surface area contributed by atoms with Crippen molar-refractivity contribution in [3.63, 3.8) is 0 Å². The Labute approximate surface area is 182 Å². The second-order valence-electron chi connectivity index (χ2n) is 7.91. The number of aromatic nitrogens is 1. The van der Waals surface area contributed by atoms with E-state index < -0.39 is 0 Å². The predicted octanol–water partition coefficient (Wildman–Crippen LogP) is 4.08. The number of benzene rings is 1. The first-order chi connectivity index (χ1) is 14.4. The predicted molar refractivity (Wildman–Crippen MR) is 123 cm³/mol. The first-order valence-corrected chi connectivity index (χ1v) is 11.3. The molecule has 0 saturated carbocycles. The van der Waals surface area contributed by atoms with Crippen LogP contribution in [0.25, 0.3) is 6.08 Å². The number of rotatable bonds is 7. The summed E-state index contributed by atoms with van der Waals surface area (Å²) in [5.74, 6) is 0.485. The lowest BCUT2D eigenvalue weighted by molar-refractivity contribution is -0.117. The van der Waals surface area contributed by atoms with E-state index >= 15 is 0 Å². The molecule has 0 radical (unpaired) electrons. The Kier molecular flexibility index (Phi) is 7.76. The van der Waals surface area contributed by atoms with Crippen LogP contribution in [0.3, 0.4) is 0 Å². The molecule has 2 heterocycles. The van der Waals surface area contributed by atoms with Gasteiger partial charge in [0.15, 0.2) is 5.13 Å². The van der Waals surface area contributed by atoms with Gasteiger partial charge in [0.05, 0.1) is 11.4 Å². The fraction of sp³-hybridized carbons (Fsp3) is 0.435. The van der Waals surface area contributed by atoms with Crippen LogP contribution in [0.15, 0.2) is 41.8 Å². The van der Waals surface area contributed by atoms with Gasteiger partial charge in [-0.05, 0) is 50.4 Å². The van der Waals surface area contributed by atoms with Crippen molar-refractivity contribution in [2.24, 2.45) is 5.92 Å². The fourth-order valence-electron chi connectivity index (χ4n) is 3.68. The molecule has 7 heteroatoms. The van der Waals surface area contributed by atoms with Gasteiger partial charge in [-0.1, -0.05) is 25.1 Å². The third-order valence-electron chi connectivity index (χ3n) is 5.32. The molecule has 160 valence electrons. The maximum absolute atomic E-state index is 12.2. The molecule has 0 bridgehead atoms. The van der Waals surface area contributed by atoms with E-state index in [9.17, 15) is 9.59 Å². The Balaban J connectivity index is 1.55. The Bertz CT molecular complexity index is 880. The summed E-state index contributed by atoms with van der Waals surface area (Å²) in [6.07, 6.45) is 5.71. The average molecular weight is 427 g/mol. The molecule has 1 aliphatic heterocycles. The van der Waals surface area contributed by atoms with E-state index in [2.05, 4.69) is 29.0 Å². The number of hydrogen-bond donors (Lipinski definition) is 1. The van der Waals surface area contributed by atoms with Crippen LogP contribution in [0.1, 0.15) is 39.3 Å². The number of thiazole rings is 1. The molecule has 1 aromatic carbocycles. The van der Waals surface area contributed by atoms with Crippen molar-refractivity contribution in [1.82, 2.24) is 15.2 Å². The van der Waals surface area contributed by atoms with E-state index in [0.29, 0.717) is 23.4 Å². The minimum Gasteiger partial charge on any atom is -0.351 e. The molecule has 0 spiro atoms. The molecule has 1 fully saturated rings. The maximum Gasteiger partial charge on any atom is 0.244 e. The summed E-state index contributed by atoms with van der Waals surface area (Å²) >= 11 is 1.37. The summed E-state index contributed by atoms with van der Waals surface area (Å²) in [4.78, 5) is 32.9. The summed E-state index contributed by atoms with van der Waals surface area (Å²) in [7, 11) is 0. The summed E-state index contributed by atoms with van der Waals surface area (Å²) in [5.41, 5.74) is 1.43. The zero-order chi connectivity index (χ0) is 21.5. The average Bonchev–Trinajstić information content (AvgIpc) is 3.19. The van der Waals surface area contributed by atoms with Crippen molar-refractivity contribution in [1.29, 1.82) is 0 Å². The highest BCUT2D eigenvalue weighted by atomic mass is 32.1. The molecule has 30 heavy (non-hydrogen) atoms. The van der Waals surface area contributed by atoms with Crippen molar-refractivity contribution >= 4 is 40.0 Å². The van der Waals surface area contributed by atoms with Crippen LogP contribution in [0, 0.1) is 5.92 Å². The summed E-state index contributed by atoms with van der Waals surface area (Å²) in [5, 5.41) is 5.41. The van der Waals surface area contributed by atoms with E-state index in [0.717, 1.165) is 24.7 Å². The van der Waals surface area contributed by atoms with E-state index in [1.807, 2.05) is 35.7 Å². The highest BCUT2D eigenvalue weighted by molar-refractivity contribution is 7.14. The maximum atomic E-state index is 12.2. The third kappa shape index (κ3) is 6.00. The number of hydrogen-bond acceptors (Lipinski definition) is 5. The molecule has 1 saturated heterocycles. The molecule has 0 aliphatic carbocycles. The molecule has 1 N–H and O–H groups in total. The van der Waals surface area contributed by atoms with E-state index in [1.54, 1.807) is 11.0 Å². The van der Waals surface area contributed by atoms with Gasteiger partial charge in [0.1, 0.15) is 0 Å². The standard InChI is InChI=1S/C23H30N4O2S/c1-17-8-7-13-26(15-17)18(2)14-24-22(29)12-11-20-16-30-23(25-20)27(19(3)28)21-9-5-4-6-10-21/h4-6,9-12,16-18H,7-8,13-15H2,1-3H3,(H,24,29)/b12-11+. The number of likely N-dealkylation sites (tertiary alicyclic amines) is 1. The largest absolute Gasteiger partial charge is 0.351 e. The lowest BCUT2D eigenvalue weighted by Gasteiger charge is -2.35. The first kappa shape index (κ1) is 22.2. The number of anilines is 2. The molecule has 2 amide bonds. The molecule has 2 aromatic rings. The quantitative estimate of drug-likeness (QED) is 0.678. The molecule has 2 atom stereocenters. The molecule has 6 nitrogen and oxygen atoms in total. The van der Waals surface area contributed by atoms with Gasteiger partial charge < -0.3 is 5.32 Å². The minimum atomic E-state index is -0.132. The second kappa shape index (κ2) is 10.5. The molecule has 2 unspecified atom stereocenters. The summed E-state index contributed by atoms with van der Waals surface area (Å²) in [6, 6.07) is 9.74. The minimum absolute atomic E-state index is 0.107. The van der Waals surface area contributed by atoms with Gasteiger partial charge in [0.25, 0.3) is 0 Å². The number of carbonyl (C=O) groups excluding carboxylic acids is 2. The van der Waals surface area contributed by atoms with Gasteiger partial charge in [-0.25, -0.2) is 4.98 Å². The Morgan fingerprint density at radius 3 is 2.83 bits per heavy atom. The van der Waals surface area contributed by atoms with Gasteiger partial charge >= 0.3 is 0 Å². The zero-order valence-corrected chi connectivity index (χ0v) is 18.7. The normalized spacial score (nSPS) is 18.3.